The predicted octanol–water partition coefficient (Wildman–Crippen LogP) is 1.38. The minimum absolute atomic E-state index is 0.124. The number of rotatable bonds is 3. The number of amides is 1. The molecule has 1 aromatic rings. The van der Waals surface area contributed by atoms with Crippen molar-refractivity contribution in [2.75, 3.05) is 20.3 Å². The van der Waals surface area contributed by atoms with E-state index in [1.807, 2.05) is 0 Å². The van der Waals surface area contributed by atoms with E-state index < -0.39 is 4.92 Å². The van der Waals surface area contributed by atoms with Gasteiger partial charge in [0.15, 0.2) is 5.75 Å². The molecule has 7 heteroatoms. The summed E-state index contributed by atoms with van der Waals surface area (Å²) in [7, 11) is 1.34. The Morgan fingerprint density at radius 3 is 2.89 bits per heavy atom. The summed E-state index contributed by atoms with van der Waals surface area (Å²) in [4.78, 5) is 27.3. The number of benzene rings is 1. The predicted molar refractivity (Wildman–Crippen MR) is 61.3 cm³/mol. The van der Waals surface area contributed by atoms with E-state index in [4.69, 9.17) is 9.57 Å². The summed E-state index contributed by atoms with van der Waals surface area (Å²) in [5.74, 6) is -0.253. The van der Waals surface area contributed by atoms with Crippen LogP contribution in [0.2, 0.25) is 0 Å². The fraction of sp³-hybridized carbons (Fsp3) is 0.364. The largest absolute Gasteiger partial charge is 0.490 e. The highest BCUT2D eigenvalue weighted by atomic mass is 16.7. The van der Waals surface area contributed by atoms with Gasteiger partial charge in [0, 0.05) is 11.6 Å². The number of carbonyl (C=O) groups is 1. The molecule has 1 fully saturated rings. The first-order valence-corrected chi connectivity index (χ1v) is 5.40. The monoisotopic (exact) mass is 252 g/mol. The van der Waals surface area contributed by atoms with E-state index in [9.17, 15) is 14.9 Å². The Labute approximate surface area is 103 Å². The van der Waals surface area contributed by atoms with Crippen LogP contribution in [-0.4, -0.2) is 36.2 Å². The molecule has 0 atom stereocenters. The van der Waals surface area contributed by atoms with Crippen molar-refractivity contribution in [1.82, 2.24) is 5.06 Å². The molecule has 18 heavy (non-hydrogen) atoms. The smallest absolute Gasteiger partial charge is 0.311 e. The van der Waals surface area contributed by atoms with Crippen LogP contribution in [0.3, 0.4) is 0 Å². The number of nitro groups is 1. The number of carbonyl (C=O) groups excluding carboxylic acids is 1. The Balaban J connectivity index is 2.31. The lowest BCUT2D eigenvalue weighted by Crippen LogP contribution is -2.26. The van der Waals surface area contributed by atoms with Gasteiger partial charge in [0.1, 0.15) is 0 Å². The molecule has 0 spiro atoms. The van der Waals surface area contributed by atoms with Gasteiger partial charge in [0.2, 0.25) is 0 Å². The first-order valence-electron chi connectivity index (χ1n) is 5.40. The number of hydroxylamine groups is 2. The van der Waals surface area contributed by atoms with E-state index in [1.165, 1.54) is 30.4 Å². The van der Waals surface area contributed by atoms with Gasteiger partial charge >= 0.3 is 5.69 Å². The third-order valence-corrected chi connectivity index (χ3v) is 2.60. The van der Waals surface area contributed by atoms with Crippen molar-refractivity contribution < 1.29 is 19.3 Å². The molecule has 1 aliphatic rings. The molecule has 0 N–H and O–H groups in total. The van der Waals surface area contributed by atoms with Gasteiger partial charge in [-0.2, -0.15) is 0 Å². The first-order chi connectivity index (χ1) is 8.63. The zero-order valence-corrected chi connectivity index (χ0v) is 9.79. The van der Waals surface area contributed by atoms with Gasteiger partial charge < -0.3 is 4.74 Å². The van der Waals surface area contributed by atoms with Crippen molar-refractivity contribution in [2.24, 2.45) is 0 Å². The van der Waals surface area contributed by atoms with E-state index in [1.54, 1.807) is 0 Å². The molecule has 1 saturated heterocycles. The van der Waals surface area contributed by atoms with Gasteiger partial charge in [0.25, 0.3) is 5.91 Å². The van der Waals surface area contributed by atoms with Crippen LogP contribution in [0.25, 0.3) is 0 Å². The third kappa shape index (κ3) is 2.25. The van der Waals surface area contributed by atoms with Crippen molar-refractivity contribution >= 4 is 11.6 Å². The van der Waals surface area contributed by atoms with E-state index >= 15 is 0 Å². The van der Waals surface area contributed by atoms with Crippen molar-refractivity contribution in [2.45, 2.75) is 6.42 Å². The SMILES string of the molecule is COc1ccc(C(=O)N2CCCO2)cc1[N+](=O)[O-]. The molecule has 1 aromatic carbocycles. The molecule has 0 bridgehead atoms. The van der Waals surface area contributed by atoms with Crippen molar-refractivity contribution in [3.05, 3.63) is 33.9 Å². The molecule has 1 heterocycles. The van der Waals surface area contributed by atoms with Crippen molar-refractivity contribution in [1.29, 1.82) is 0 Å². The van der Waals surface area contributed by atoms with Gasteiger partial charge in [-0.3, -0.25) is 19.7 Å². The number of nitrogens with zero attached hydrogens (tertiary/aromatic N) is 2. The van der Waals surface area contributed by atoms with Crippen molar-refractivity contribution in [3.63, 3.8) is 0 Å². The molecule has 0 aliphatic carbocycles. The van der Waals surface area contributed by atoms with Crippen LogP contribution in [0.5, 0.6) is 5.75 Å². The summed E-state index contributed by atoms with van der Waals surface area (Å²) in [5, 5.41) is 12.1. The van der Waals surface area contributed by atoms with E-state index in [0.717, 1.165) is 6.42 Å². The van der Waals surface area contributed by atoms with Gasteiger partial charge in [-0.15, -0.1) is 0 Å². The summed E-state index contributed by atoms with van der Waals surface area (Å²) in [6.45, 7) is 0.989. The lowest BCUT2D eigenvalue weighted by atomic mass is 10.1. The summed E-state index contributed by atoms with van der Waals surface area (Å²) < 4.78 is 4.87. The Morgan fingerprint density at radius 2 is 2.33 bits per heavy atom. The Kier molecular flexibility index (Phi) is 3.42. The minimum atomic E-state index is -0.583. The molecule has 0 saturated carbocycles. The normalized spacial score (nSPS) is 14.6. The van der Waals surface area contributed by atoms with E-state index in [2.05, 4.69) is 0 Å². The Bertz CT molecular complexity index is 482. The Morgan fingerprint density at radius 1 is 1.56 bits per heavy atom. The second-order valence-electron chi connectivity index (χ2n) is 3.74. The fourth-order valence-electron chi connectivity index (χ4n) is 1.72. The molecular formula is C11H12N2O5. The summed E-state index contributed by atoms with van der Waals surface area (Å²) in [6.07, 6.45) is 0.768. The standard InChI is InChI=1S/C11H12N2O5/c1-17-10-4-3-8(7-9(10)13(15)16)11(14)12-5-2-6-18-12/h3-4,7H,2,5-6H2,1H3. The van der Waals surface area contributed by atoms with Crippen LogP contribution in [0.4, 0.5) is 5.69 Å². The highest BCUT2D eigenvalue weighted by Gasteiger charge is 2.24. The maximum absolute atomic E-state index is 12.0. The molecule has 7 nitrogen and oxygen atoms in total. The van der Waals surface area contributed by atoms with Crippen LogP contribution in [0.1, 0.15) is 16.8 Å². The molecule has 0 unspecified atom stereocenters. The highest BCUT2D eigenvalue weighted by Crippen LogP contribution is 2.28. The van der Waals surface area contributed by atoms with Crippen LogP contribution < -0.4 is 4.74 Å². The molecule has 2 rings (SSSR count). The number of hydrogen-bond donors (Lipinski definition) is 0. The lowest BCUT2D eigenvalue weighted by molar-refractivity contribution is -0.385. The highest BCUT2D eigenvalue weighted by molar-refractivity contribution is 5.94. The molecular weight excluding hydrogens is 240 g/mol. The topological polar surface area (TPSA) is 81.9 Å². The average Bonchev–Trinajstić information content (AvgIpc) is 2.90. The zero-order valence-electron chi connectivity index (χ0n) is 9.79. The molecule has 96 valence electrons. The fourth-order valence-corrected chi connectivity index (χ4v) is 1.72. The van der Waals surface area contributed by atoms with Crippen LogP contribution in [0, 0.1) is 10.1 Å². The number of ether oxygens (including phenoxy) is 1. The quantitative estimate of drug-likeness (QED) is 0.599. The molecule has 0 radical (unpaired) electrons. The minimum Gasteiger partial charge on any atom is -0.490 e. The van der Waals surface area contributed by atoms with Crippen LogP contribution >= 0.6 is 0 Å². The van der Waals surface area contributed by atoms with Gasteiger partial charge in [-0.1, -0.05) is 0 Å². The summed E-state index contributed by atoms with van der Waals surface area (Å²) in [6, 6.07) is 4.08. The lowest BCUT2D eigenvalue weighted by Gasteiger charge is -2.13. The van der Waals surface area contributed by atoms with Gasteiger partial charge in [0.05, 0.1) is 25.2 Å². The van der Waals surface area contributed by atoms with E-state index in [0.29, 0.717) is 13.2 Å². The third-order valence-electron chi connectivity index (χ3n) is 2.60. The summed E-state index contributed by atoms with van der Waals surface area (Å²) in [5.41, 5.74) is -0.0213. The Hall–Kier alpha value is -2.15. The maximum atomic E-state index is 12.0. The summed E-state index contributed by atoms with van der Waals surface area (Å²) >= 11 is 0. The van der Waals surface area contributed by atoms with E-state index in [-0.39, 0.29) is 22.9 Å². The van der Waals surface area contributed by atoms with Gasteiger partial charge in [-0.05, 0) is 18.6 Å². The number of nitro benzene ring substituents is 1. The van der Waals surface area contributed by atoms with Crippen molar-refractivity contribution in [3.8, 4) is 5.75 Å². The molecule has 0 aromatic heterocycles. The first kappa shape index (κ1) is 12.3. The molecule has 1 amide bonds. The molecule has 1 aliphatic heterocycles. The second-order valence-corrected chi connectivity index (χ2v) is 3.74. The number of hydrogen-bond acceptors (Lipinski definition) is 5. The maximum Gasteiger partial charge on any atom is 0.311 e. The van der Waals surface area contributed by atoms with Crippen LogP contribution in [-0.2, 0) is 4.84 Å². The number of methoxy groups -OCH3 is 1. The average molecular weight is 252 g/mol. The second kappa shape index (κ2) is 5.01. The van der Waals surface area contributed by atoms with Gasteiger partial charge in [-0.25, -0.2) is 5.06 Å². The van der Waals surface area contributed by atoms with Crippen LogP contribution in [0.15, 0.2) is 18.2 Å². The zero-order chi connectivity index (χ0) is 13.1.